The Labute approximate surface area is 62.2 Å². The van der Waals surface area contributed by atoms with Crippen LogP contribution in [0.3, 0.4) is 0 Å². The number of thiol groups is 2. The van der Waals surface area contributed by atoms with E-state index in [-0.39, 0.29) is 0 Å². The summed E-state index contributed by atoms with van der Waals surface area (Å²) in [6, 6.07) is 0. The molecule has 0 amide bonds. The van der Waals surface area contributed by atoms with Crippen molar-refractivity contribution in [3.8, 4) is 0 Å². The fourth-order valence-electron chi connectivity index (χ4n) is 0.402. The molecular weight excluding hydrogens is 136 g/mol. The molecule has 0 unspecified atom stereocenters. The predicted molar refractivity (Wildman–Crippen MR) is 46.1 cm³/mol. The highest BCUT2D eigenvalue weighted by Gasteiger charge is 1.75. The SMILES string of the molecule is SC/C=C/CCCS. The molecule has 0 aliphatic rings. The van der Waals surface area contributed by atoms with Crippen molar-refractivity contribution in [1.29, 1.82) is 0 Å². The van der Waals surface area contributed by atoms with Crippen molar-refractivity contribution in [3.63, 3.8) is 0 Å². The molecule has 0 aromatic carbocycles. The topological polar surface area (TPSA) is 0 Å². The minimum atomic E-state index is 0.854. The van der Waals surface area contributed by atoms with Gasteiger partial charge in [-0.25, -0.2) is 0 Å². The van der Waals surface area contributed by atoms with Crippen LogP contribution in [0.25, 0.3) is 0 Å². The van der Waals surface area contributed by atoms with E-state index in [4.69, 9.17) is 0 Å². The Bertz CT molecular complexity index is 59.5. The second-order valence-corrected chi connectivity index (χ2v) is 2.33. The van der Waals surface area contributed by atoms with Crippen molar-refractivity contribution >= 4 is 25.3 Å². The molecule has 0 aromatic heterocycles. The third-order valence-corrected chi connectivity index (χ3v) is 1.33. The number of unbranched alkanes of at least 4 members (excludes halogenated alkanes) is 1. The fraction of sp³-hybridized carbons (Fsp3) is 0.667. The molecule has 0 saturated carbocycles. The van der Waals surface area contributed by atoms with Gasteiger partial charge in [-0.1, -0.05) is 12.2 Å². The van der Waals surface area contributed by atoms with Crippen LogP contribution in [-0.4, -0.2) is 11.5 Å². The zero-order valence-corrected chi connectivity index (χ0v) is 6.67. The third kappa shape index (κ3) is 6.44. The summed E-state index contributed by atoms with van der Waals surface area (Å²) in [5, 5.41) is 0. The highest BCUT2D eigenvalue weighted by molar-refractivity contribution is 7.80. The molecule has 0 fully saturated rings. The Morgan fingerprint density at radius 3 is 2.38 bits per heavy atom. The van der Waals surface area contributed by atoms with Crippen molar-refractivity contribution < 1.29 is 0 Å². The summed E-state index contributed by atoms with van der Waals surface area (Å²) in [5.41, 5.74) is 0. The number of rotatable bonds is 4. The van der Waals surface area contributed by atoms with Crippen molar-refractivity contribution in [2.45, 2.75) is 12.8 Å². The van der Waals surface area contributed by atoms with E-state index in [2.05, 4.69) is 37.4 Å². The minimum Gasteiger partial charge on any atom is -0.179 e. The van der Waals surface area contributed by atoms with Gasteiger partial charge < -0.3 is 0 Å². The molecule has 0 aliphatic heterocycles. The Morgan fingerprint density at radius 2 is 1.88 bits per heavy atom. The smallest absolute Gasteiger partial charge is 0.00825 e. The van der Waals surface area contributed by atoms with Crippen molar-refractivity contribution in [2.24, 2.45) is 0 Å². The molecule has 2 heteroatoms. The first-order valence-electron chi connectivity index (χ1n) is 2.78. The Balaban J connectivity index is 2.80. The Morgan fingerprint density at radius 1 is 1.12 bits per heavy atom. The first-order valence-corrected chi connectivity index (χ1v) is 4.05. The van der Waals surface area contributed by atoms with Crippen molar-refractivity contribution in [1.82, 2.24) is 0 Å². The summed E-state index contributed by atoms with van der Waals surface area (Å²) in [5.74, 6) is 1.84. The average molecular weight is 148 g/mol. The van der Waals surface area contributed by atoms with E-state index in [0.29, 0.717) is 0 Å². The van der Waals surface area contributed by atoms with Crippen LogP contribution in [0.4, 0.5) is 0 Å². The Kier molecular flexibility index (Phi) is 7.85. The standard InChI is InChI=1S/C6H12S2/c7-5-3-1-2-4-6-8/h1,3,7-8H,2,4-6H2/b3-1+. The lowest BCUT2D eigenvalue weighted by Gasteiger charge is -1.84. The van der Waals surface area contributed by atoms with Gasteiger partial charge in [-0.3, -0.25) is 0 Å². The quantitative estimate of drug-likeness (QED) is 0.341. The molecule has 0 bridgehead atoms. The Hall–Kier alpha value is 0.440. The minimum absolute atomic E-state index is 0.854. The van der Waals surface area contributed by atoms with Gasteiger partial charge in [-0.15, -0.1) is 0 Å². The zero-order chi connectivity index (χ0) is 6.24. The van der Waals surface area contributed by atoms with Gasteiger partial charge in [-0.05, 0) is 18.6 Å². The van der Waals surface area contributed by atoms with E-state index in [1.807, 2.05) is 0 Å². The summed E-state index contributed by atoms with van der Waals surface area (Å²) in [6.07, 6.45) is 6.52. The molecule has 0 aliphatic carbocycles. The summed E-state index contributed by atoms with van der Waals surface area (Å²) in [4.78, 5) is 0. The maximum Gasteiger partial charge on any atom is 0.00825 e. The average Bonchev–Trinajstić information content (AvgIpc) is 1.81. The van der Waals surface area contributed by atoms with Crippen LogP contribution in [0, 0.1) is 0 Å². The first kappa shape index (κ1) is 8.44. The highest BCUT2D eigenvalue weighted by Crippen LogP contribution is 1.92. The molecule has 0 spiro atoms. The molecule has 0 saturated heterocycles. The van der Waals surface area contributed by atoms with Crippen molar-refractivity contribution in [3.05, 3.63) is 12.2 Å². The molecule has 8 heavy (non-hydrogen) atoms. The maximum atomic E-state index is 4.07. The lowest BCUT2D eigenvalue weighted by Crippen LogP contribution is -1.70. The number of allylic oxidation sites excluding steroid dienone is 1. The van der Waals surface area contributed by atoms with Gasteiger partial charge in [0.05, 0.1) is 0 Å². The van der Waals surface area contributed by atoms with E-state index in [0.717, 1.165) is 17.9 Å². The molecule has 0 radical (unpaired) electrons. The van der Waals surface area contributed by atoms with Crippen molar-refractivity contribution in [2.75, 3.05) is 11.5 Å². The zero-order valence-electron chi connectivity index (χ0n) is 4.88. The fourth-order valence-corrected chi connectivity index (χ4v) is 0.733. The van der Waals surface area contributed by atoms with Crippen LogP contribution < -0.4 is 0 Å². The summed E-state index contributed by atoms with van der Waals surface area (Å²) in [6.45, 7) is 0. The maximum absolute atomic E-state index is 4.07. The highest BCUT2D eigenvalue weighted by atomic mass is 32.1. The summed E-state index contributed by atoms with van der Waals surface area (Å²) < 4.78 is 0. The van der Waals surface area contributed by atoms with Crippen LogP contribution in [-0.2, 0) is 0 Å². The van der Waals surface area contributed by atoms with Crippen LogP contribution in [0.2, 0.25) is 0 Å². The molecule has 0 nitrogen and oxygen atoms in total. The lowest BCUT2D eigenvalue weighted by atomic mass is 10.3. The molecule has 0 N–H and O–H groups in total. The van der Waals surface area contributed by atoms with E-state index in [1.165, 1.54) is 6.42 Å². The summed E-state index contributed by atoms with van der Waals surface area (Å²) in [7, 11) is 0. The van der Waals surface area contributed by atoms with E-state index in [1.54, 1.807) is 0 Å². The first-order chi connectivity index (χ1) is 3.91. The van der Waals surface area contributed by atoms with E-state index < -0.39 is 0 Å². The van der Waals surface area contributed by atoms with Gasteiger partial charge >= 0.3 is 0 Å². The van der Waals surface area contributed by atoms with Gasteiger partial charge in [0.2, 0.25) is 0 Å². The predicted octanol–water partition coefficient (Wildman–Crippen LogP) is 2.18. The van der Waals surface area contributed by atoms with E-state index >= 15 is 0 Å². The van der Waals surface area contributed by atoms with Gasteiger partial charge in [-0.2, -0.15) is 25.3 Å². The van der Waals surface area contributed by atoms with Crippen LogP contribution >= 0.6 is 25.3 Å². The summed E-state index contributed by atoms with van der Waals surface area (Å²) >= 11 is 8.09. The van der Waals surface area contributed by atoms with Crippen LogP contribution in [0.15, 0.2) is 12.2 Å². The second kappa shape index (κ2) is 7.44. The molecule has 0 aromatic rings. The van der Waals surface area contributed by atoms with Crippen LogP contribution in [0.1, 0.15) is 12.8 Å². The molecule has 48 valence electrons. The van der Waals surface area contributed by atoms with E-state index in [9.17, 15) is 0 Å². The monoisotopic (exact) mass is 148 g/mol. The van der Waals surface area contributed by atoms with Gasteiger partial charge in [0, 0.05) is 5.75 Å². The largest absolute Gasteiger partial charge is 0.179 e. The second-order valence-electron chi connectivity index (χ2n) is 1.52. The number of hydrogen-bond donors (Lipinski definition) is 2. The molecule has 0 rings (SSSR count). The van der Waals surface area contributed by atoms with Crippen LogP contribution in [0.5, 0.6) is 0 Å². The normalized spacial score (nSPS) is 10.8. The van der Waals surface area contributed by atoms with Gasteiger partial charge in [0.1, 0.15) is 0 Å². The molecular formula is C6H12S2. The van der Waals surface area contributed by atoms with Gasteiger partial charge in [0.25, 0.3) is 0 Å². The number of hydrogen-bond acceptors (Lipinski definition) is 2. The molecule has 0 atom stereocenters. The lowest BCUT2D eigenvalue weighted by molar-refractivity contribution is 0.974. The third-order valence-electron chi connectivity index (χ3n) is 0.801. The molecule has 0 heterocycles. The van der Waals surface area contributed by atoms with Gasteiger partial charge in [0.15, 0.2) is 0 Å².